The number of rotatable bonds is 2. The lowest BCUT2D eigenvalue weighted by Crippen LogP contribution is -2.30. The fraction of sp³-hybridized carbons (Fsp3) is 0.294. The molecule has 23 heavy (non-hydrogen) atoms. The van der Waals surface area contributed by atoms with E-state index in [0.29, 0.717) is 6.54 Å². The van der Waals surface area contributed by atoms with Crippen molar-refractivity contribution in [2.75, 3.05) is 17.2 Å². The van der Waals surface area contributed by atoms with E-state index < -0.39 is 0 Å². The molecule has 0 bridgehead atoms. The van der Waals surface area contributed by atoms with E-state index in [1.807, 2.05) is 24.4 Å². The number of nitrogens with two attached hydrogens (primary N) is 1. The summed E-state index contributed by atoms with van der Waals surface area (Å²) in [5.41, 5.74) is 11.1. The Labute approximate surface area is 138 Å². The van der Waals surface area contributed by atoms with E-state index in [2.05, 4.69) is 16.0 Å². The third-order valence-corrected chi connectivity index (χ3v) is 5.31. The van der Waals surface area contributed by atoms with Crippen LogP contribution in [0.1, 0.15) is 23.4 Å². The Kier molecular flexibility index (Phi) is 3.34. The molecule has 3 heterocycles. The van der Waals surface area contributed by atoms with Crippen molar-refractivity contribution in [1.82, 2.24) is 9.38 Å². The Morgan fingerprint density at radius 1 is 1.39 bits per heavy atom. The van der Waals surface area contributed by atoms with Crippen molar-refractivity contribution in [2.45, 2.75) is 26.3 Å². The molecule has 4 rings (SSSR count). The highest BCUT2D eigenvalue weighted by Crippen LogP contribution is 2.32. The molecule has 1 aliphatic rings. The normalized spacial score (nSPS) is 14.2. The van der Waals surface area contributed by atoms with Crippen molar-refractivity contribution in [1.29, 1.82) is 0 Å². The molecular weight excluding hydrogens is 308 g/mol. The van der Waals surface area contributed by atoms with Crippen LogP contribution in [0, 0.1) is 6.92 Å². The fourth-order valence-electron chi connectivity index (χ4n) is 3.27. The maximum absolute atomic E-state index is 12.3. The topological polar surface area (TPSA) is 63.6 Å². The van der Waals surface area contributed by atoms with Crippen LogP contribution in [-0.2, 0) is 13.0 Å². The van der Waals surface area contributed by atoms with Crippen LogP contribution < -0.4 is 16.2 Å². The second-order valence-electron chi connectivity index (χ2n) is 5.95. The van der Waals surface area contributed by atoms with Crippen LogP contribution in [0.25, 0.3) is 4.96 Å². The first-order valence-electron chi connectivity index (χ1n) is 7.72. The van der Waals surface area contributed by atoms with Crippen molar-refractivity contribution >= 4 is 27.7 Å². The summed E-state index contributed by atoms with van der Waals surface area (Å²) in [5.74, 6) is 0. The Morgan fingerprint density at radius 2 is 2.26 bits per heavy atom. The largest absolute Gasteiger partial charge is 0.398 e. The molecule has 1 aromatic carbocycles. The minimum atomic E-state index is -0.00596. The number of anilines is 2. The van der Waals surface area contributed by atoms with Gasteiger partial charge in [-0.25, -0.2) is 4.98 Å². The minimum absolute atomic E-state index is 0.00596. The van der Waals surface area contributed by atoms with Gasteiger partial charge in [-0.15, -0.1) is 11.3 Å². The summed E-state index contributed by atoms with van der Waals surface area (Å²) in [6.07, 6.45) is 2.08. The Morgan fingerprint density at radius 3 is 3.13 bits per heavy atom. The highest BCUT2D eigenvalue weighted by Gasteiger charge is 2.19. The van der Waals surface area contributed by atoms with Gasteiger partial charge in [0.2, 0.25) is 0 Å². The van der Waals surface area contributed by atoms with Gasteiger partial charge < -0.3 is 10.6 Å². The Hall–Kier alpha value is -2.34. The van der Waals surface area contributed by atoms with E-state index in [0.717, 1.165) is 41.4 Å². The van der Waals surface area contributed by atoms with Gasteiger partial charge >= 0.3 is 0 Å². The molecular formula is C17H18N4OS. The van der Waals surface area contributed by atoms with E-state index >= 15 is 0 Å². The van der Waals surface area contributed by atoms with Gasteiger partial charge in [-0.1, -0.05) is 6.07 Å². The lowest BCUT2D eigenvalue weighted by atomic mass is 10.00. The quantitative estimate of drug-likeness (QED) is 0.735. The molecule has 0 saturated carbocycles. The lowest BCUT2D eigenvalue weighted by Gasteiger charge is -2.31. The molecule has 2 aromatic heterocycles. The van der Waals surface area contributed by atoms with Crippen molar-refractivity contribution in [3.8, 4) is 0 Å². The number of aryl methyl sites for hydroxylation is 1. The van der Waals surface area contributed by atoms with E-state index in [9.17, 15) is 4.79 Å². The third kappa shape index (κ3) is 2.39. The van der Waals surface area contributed by atoms with E-state index in [4.69, 9.17) is 5.73 Å². The monoisotopic (exact) mass is 326 g/mol. The summed E-state index contributed by atoms with van der Waals surface area (Å²) in [6, 6.07) is 7.69. The molecule has 3 aromatic rings. The zero-order valence-electron chi connectivity index (χ0n) is 13.0. The molecule has 0 fully saturated rings. The van der Waals surface area contributed by atoms with Gasteiger partial charge in [0.05, 0.1) is 12.2 Å². The first-order chi connectivity index (χ1) is 11.1. The van der Waals surface area contributed by atoms with Gasteiger partial charge in [0.15, 0.2) is 4.96 Å². The Balaban J connectivity index is 1.72. The Bertz CT molecular complexity index is 943. The number of hydrogen-bond donors (Lipinski definition) is 1. The summed E-state index contributed by atoms with van der Waals surface area (Å²) >= 11 is 1.51. The molecule has 0 radical (unpaired) electrons. The predicted molar refractivity (Wildman–Crippen MR) is 94.3 cm³/mol. The first kappa shape index (κ1) is 14.3. The number of nitrogens with zero attached hydrogens (tertiary/aromatic N) is 3. The van der Waals surface area contributed by atoms with Gasteiger partial charge in [-0.05, 0) is 37.5 Å². The molecule has 0 aliphatic carbocycles. The lowest BCUT2D eigenvalue weighted by molar-refractivity contribution is 0.684. The number of fused-ring (bicyclic) bond motifs is 2. The summed E-state index contributed by atoms with van der Waals surface area (Å²) in [5, 5.41) is 1.96. The summed E-state index contributed by atoms with van der Waals surface area (Å²) in [4.78, 5) is 20.0. The summed E-state index contributed by atoms with van der Waals surface area (Å²) in [6.45, 7) is 3.52. The van der Waals surface area contributed by atoms with Gasteiger partial charge in [-0.3, -0.25) is 9.20 Å². The predicted octanol–water partition coefficient (Wildman–Crippen LogP) is 2.60. The first-order valence-corrected chi connectivity index (χ1v) is 8.60. The van der Waals surface area contributed by atoms with Crippen LogP contribution in [0.2, 0.25) is 0 Å². The SMILES string of the molecule is Cc1csc2nc(CN3CCCc4c(N)cccc43)cc(=O)n12. The van der Waals surface area contributed by atoms with Crippen LogP contribution in [0.4, 0.5) is 11.4 Å². The average Bonchev–Trinajstić information content (AvgIpc) is 2.90. The van der Waals surface area contributed by atoms with E-state index in [1.54, 1.807) is 10.5 Å². The van der Waals surface area contributed by atoms with Gasteiger partial charge in [-0.2, -0.15) is 0 Å². The number of hydrogen-bond acceptors (Lipinski definition) is 5. The van der Waals surface area contributed by atoms with Crippen LogP contribution in [-0.4, -0.2) is 15.9 Å². The summed E-state index contributed by atoms with van der Waals surface area (Å²) in [7, 11) is 0. The summed E-state index contributed by atoms with van der Waals surface area (Å²) < 4.78 is 1.66. The van der Waals surface area contributed by atoms with Crippen molar-refractivity contribution in [3.05, 3.63) is 57.0 Å². The standard InChI is InChI=1S/C17H18N4OS/c1-11-10-23-17-19-12(8-16(22)21(11)17)9-20-7-3-4-13-14(18)5-2-6-15(13)20/h2,5-6,8,10H,3-4,7,9,18H2,1H3. The zero-order valence-corrected chi connectivity index (χ0v) is 13.8. The average molecular weight is 326 g/mol. The van der Waals surface area contributed by atoms with Gasteiger partial charge in [0.25, 0.3) is 5.56 Å². The molecule has 0 atom stereocenters. The maximum atomic E-state index is 12.3. The number of thiazole rings is 1. The highest BCUT2D eigenvalue weighted by atomic mass is 32.1. The van der Waals surface area contributed by atoms with E-state index in [1.165, 1.54) is 22.6 Å². The molecule has 0 amide bonds. The number of benzene rings is 1. The molecule has 5 nitrogen and oxygen atoms in total. The molecule has 1 aliphatic heterocycles. The second-order valence-corrected chi connectivity index (χ2v) is 6.79. The fourth-order valence-corrected chi connectivity index (χ4v) is 4.16. The smallest absolute Gasteiger partial charge is 0.259 e. The minimum Gasteiger partial charge on any atom is -0.398 e. The van der Waals surface area contributed by atoms with Crippen LogP contribution in [0.3, 0.4) is 0 Å². The van der Waals surface area contributed by atoms with Crippen LogP contribution in [0.15, 0.2) is 34.4 Å². The molecule has 6 heteroatoms. The van der Waals surface area contributed by atoms with Crippen LogP contribution >= 0.6 is 11.3 Å². The molecule has 0 unspecified atom stereocenters. The van der Waals surface area contributed by atoms with Crippen molar-refractivity contribution < 1.29 is 0 Å². The third-order valence-electron chi connectivity index (χ3n) is 4.36. The molecule has 118 valence electrons. The van der Waals surface area contributed by atoms with Crippen molar-refractivity contribution in [3.63, 3.8) is 0 Å². The number of aromatic nitrogens is 2. The maximum Gasteiger partial charge on any atom is 0.259 e. The highest BCUT2D eigenvalue weighted by molar-refractivity contribution is 7.15. The molecule has 2 N–H and O–H groups in total. The van der Waals surface area contributed by atoms with Gasteiger partial charge in [0.1, 0.15) is 0 Å². The van der Waals surface area contributed by atoms with Crippen LogP contribution in [0.5, 0.6) is 0 Å². The molecule has 0 saturated heterocycles. The number of nitrogen functional groups attached to an aromatic ring is 1. The second kappa shape index (κ2) is 5.38. The zero-order chi connectivity index (χ0) is 16.0. The molecule has 0 spiro atoms. The van der Waals surface area contributed by atoms with Crippen molar-refractivity contribution in [2.24, 2.45) is 0 Å². The van der Waals surface area contributed by atoms with E-state index in [-0.39, 0.29) is 5.56 Å². The van der Waals surface area contributed by atoms with Gasteiger partial charge in [0, 0.05) is 35.1 Å².